The highest BCUT2D eigenvalue weighted by atomic mass is 79.9. The SMILES string of the molecule is COC(=O)C(C#N)=Cc1cc(Br)c(Br)o1. The monoisotopic (exact) mass is 333 g/mol. The van der Waals surface area contributed by atoms with E-state index in [2.05, 4.69) is 36.6 Å². The molecule has 1 heterocycles. The average molecular weight is 335 g/mol. The molecular weight excluding hydrogens is 330 g/mol. The summed E-state index contributed by atoms with van der Waals surface area (Å²) in [5, 5.41) is 8.68. The van der Waals surface area contributed by atoms with E-state index in [0.717, 1.165) is 0 Å². The van der Waals surface area contributed by atoms with E-state index in [9.17, 15) is 4.79 Å². The zero-order valence-corrected chi connectivity index (χ0v) is 10.8. The second kappa shape index (κ2) is 5.14. The van der Waals surface area contributed by atoms with Crippen LogP contribution in [0.25, 0.3) is 6.08 Å². The minimum Gasteiger partial charge on any atom is -0.465 e. The fraction of sp³-hybridized carbons (Fsp3) is 0.111. The van der Waals surface area contributed by atoms with Crippen molar-refractivity contribution in [1.29, 1.82) is 5.26 Å². The van der Waals surface area contributed by atoms with Gasteiger partial charge in [-0.3, -0.25) is 0 Å². The summed E-state index contributed by atoms with van der Waals surface area (Å²) in [6.07, 6.45) is 1.31. The van der Waals surface area contributed by atoms with E-state index in [1.54, 1.807) is 12.1 Å². The molecule has 0 aliphatic carbocycles. The first-order chi connectivity index (χ1) is 7.08. The third-order valence-electron chi connectivity index (χ3n) is 1.48. The maximum Gasteiger partial charge on any atom is 0.348 e. The molecule has 0 unspecified atom stereocenters. The molecule has 15 heavy (non-hydrogen) atoms. The molecule has 0 aliphatic rings. The lowest BCUT2D eigenvalue weighted by Crippen LogP contribution is -2.02. The zero-order chi connectivity index (χ0) is 11.4. The molecule has 6 heteroatoms. The first-order valence-electron chi connectivity index (χ1n) is 3.73. The van der Waals surface area contributed by atoms with E-state index in [1.165, 1.54) is 13.2 Å². The molecular formula is C9H5Br2NO3. The fourth-order valence-corrected chi connectivity index (χ4v) is 1.43. The van der Waals surface area contributed by atoms with Crippen molar-refractivity contribution in [1.82, 2.24) is 0 Å². The molecule has 0 aliphatic heterocycles. The lowest BCUT2D eigenvalue weighted by Gasteiger charge is -1.93. The number of ether oxygens (including phenoxy) is 1. The van der Waals surface area contributed by atoms with Crippen LogP contribution < -0.4 is 0 Å². The van der Waals surface area contributed by atoms with Crippen LogP contribution in [0.4, 0.5) is 0 Å². The van der Waals surface area contributed by atoms with Gasteiger partial charge < -0.3 is 9.15 Å². The number of halogens is 2. The summed E-state index contributed by atoms with van der Waals surface area (Å²) in [5.41, 5.74) is -0.119. The fourth-order valence-electron chi connectivity index (χ4n) is 0.824. The second-order valence-corrected chi connectivity index (χ2v) is 4.01. The van der Waals surface area contributed by atoms with Crippen molar-refractivity contribution in [3.05, 3.63) is 26.5 Å². The molecule has 78 valence electrons. The molecule has 1 aromatic rings. The highest BCUT2D eigenvalue weighted by Gasteiger charge is 2.11. The Morgan fingerprint density at radius 2 is 2.33 bits per heavy atom. The van der Waals surface area contributed by atoms with Gasteiger partial charge in [0.1, 0.15) is 17.4 Å². The van der Waals surface area contributed by atoms with Gasteiger partial charge in [-0.05, 0) is 37.9 Å². The van der Waals surface area contributed by atoms with E-state index in [-0.39, 0.29) is 5.57 Å². The molecule has 0 amide bonds. The number of carbonyl (C=O) groups excluding carboxylic acids is 1. The Morgan fingerprint density at radius 1 is 1.67 bits per heavy atom. The molecule has 0 bridgehead atoms. The molecule has 0 N–H and O–H groups in total. The summed E-state index contributed by atoms with van der Waals surface area (Å²) in [7, 11) is 1.21. The van der Waals surface area contributed by atoms with Crippen LogP contribution in [-0.4, -0.2) is 13.1 Å². The highest BCUT2D eigenvalue weighted by molar-refractivity contribution is 9.13. The molecule has 0 fully saturated rings. The quantitative estimate of drug-likeness (QED) is 0.474. The first-order valence-corrected chi connectivity index (χ1v) is 5.32. The number of carbonyl (C=O) groups is 1. The Hall–Kier alpha value is -1.06. The van der Waals surface area contributed by atoms with Gasteiger partial charge in [-0.15, -0.1) is 0 Å². The van der Waals surface area contributed by atoms with Crippen LogP contribution >= 0.6 is 31.9 Å². The van der Waals surface area contributed by atoms with Gasteiger partial charge in [0, 0.05) is 6.08 Å². The van der Waals surface area contributed by atoms with Crippen molar-refractivity contribution in [2.24, 2.45) is 0 Å². The normalized spacial score (nSPS) is 10.9. The number of rotatable bonds is 2. The van der Waals surface area contributed by atoms with Gasteiger partial charge in [0.05, 0.1) is 11.6 Å². The molecule has 0 saturated heterocycles. The van der Waals surface area contributed by atoms with Gasteiger partial charge in [0.2, 0.25) is 0 Å². The molecule has 0 saturated carbocycles. The van der Waals surface area contributed by atoms with Crippen LogP contribution in [0.2, 0.25) is 0 Å². The van der Waals surface area contributed by atoms with Crippen LogP contribution in [0, 0.1) is 11.3 Å². The molecule has 4 nitrogen and oxygen atoms in total. The number of hydrogen-bond acceptors (Lipinski definition) is 4. The van der Waals surface area contributed by atoms with Gasteiger partial charge in [-0.1, -0.05) is 0 Å². The lowest BCUT2D eigenvalue weighted by atomic mass is 10.2. The van der Waals surface area contributed by atoms with Crippen molar-refractivity contribution in [2.45, 2.75) is 0 Å². The first kappa shape index (κ1) is 12.0. The summed E-state index contributed by atoms with van der Waals surface area (Å²) in [6.45, 7) is 0. The molecule has 0 atom stereocenters. The Labute approximate surface area is 103 Å². The van der Waals surface area contributed by atoms with Gasteiger partial charge in [-0.2, -0.15) is 5.26 Å². The number of esters is 1. The zero-order valence-electron chi connectivity index (χ0n) is 7.58. The molecule has 1 aromatic heterocycles. The van der Waals surface area contributed by atoms with Gasteiger partial charge in [-0.25, -0.2) is 4.79 Å². The van der Waals surface area contributed by atoms with Crippen molar-refractivity contribution >= 4 is 43.9 Å². The largest absolute Gasteiger partial charge is 0.465 e. The standard InChI is InChI=1S/C9H5Br2NO3/c1-14-9(13)5(4-12)2-6-3-7(10)8(11)15-6/h2-3H,1H3. The predicted octanol–water partition coefficient (Wildman–Crippen LogP) is 2.88. The number of nitriles is 1. The van der Waals surface area contributed by atoms with Crippen LogP contribution in [-0.2, 0) is 9.53 Å². The molecule has 0 aromatic carbocycles. The summed E-state index contributed by atoms with van der Waals surface area (Å²) < 4.78 is 10.8. The Morgan fingerprint density at radius 3 is 2.73 bits per heavy atom. The van der Waals surface area contributed by atoms with Crippen LogP contribution in [0.15, 0.2) is 25.2 Å². The van der Waals surface area contributed by atoms with Crippen LogP contribution in [0.5, 0.6) is 0 Å². The van der Waals surface area contributed by atoms with Crippen molar-refractivity contribution in [3.63, 3.8) is 0 Å². The Balaban J connectivity index is 3.05. The van der Waals surface area contributed by atoms with Gasteiger partial charge in [0.15, 0.2) is 4.67 Å². The minimum atomic E-state index is -0.693. The maximum atomic E-state index is 11.1. The van der Waals surface area contributed by atoms with E-state index in [0.29, 0.717) is 14.9 Å². The third-order valence-corrected chi connectivity index (χ3v) is 3.19. The van der Waals surface area contributed by atoms with Crippen LogP contribution in [0.3, 0.4) is 0 Å². The number of furan rings is 1. The predicted molar refractivity (Wildman–Crippen MR) is 59.7 cm³/mol. The third kappa shape index (κ3) is 2.94. The van der Waals surface area contributed by atoms with E-state index in [4.69, 9.17) is 9.68 Å². The topological polar surface area (TPSA) is 63.2 Å². The minimum absolute atomic E-state index is 0.119. The summed E-state index contributed by atoms with van der Waals surface area (Å²) in [4.78, 5) is 11.1. The lowest BCUT2D eigenvalue weighted by molar-refractivity contribution is -0.135. The Kier molecular flexibility index (Phi) is 4.12. The van der Waals surface area contributed by atoms with Crippen LogP contribution in [0.1, 0.15) is 5.76 Å². The van der Waals surface area contributed by atoms with E-state index in [1.807, 2.05) is 0 Å². The van der Waals surface area contributed by atoms with E-state index < -0.39 is 5.97 Å². The molecule has 0 radical (unpaired) electrons. The maximum absolute atomic E-state index is 11.1. The number of hydrogen-bond donors (Lipinski definition) is 0. The smallest absolute Gasteiger partial charge is 0.348 e. The second-order valence-electron chi connectivity index (χ2n) is 2.43. The van der Waals surface area contributed by atoms with E-state index >= 15 is 0 Å². The van der Waals surface area contributed by atoms with Crippen molar-refractivity contribution < 1.29 is 13.9 Å². The average Bonchev–Trinajstić information content (AvgIpc) is 2.53. The Bertz CT molecular complexity index is 437. The van der Waals surface area contributed by atoms with Gasteiger partial charge >= 0.3 is 5.97 Å². The van der Waals surface area contributed by atoms with Crippen molar-refractivity contribution in [2.75, 3.05) is 7.11 Å². The molecule has 1 rings (SSSR count). The molecule has 0 spiro atoms. The van der Waals surface area contributed by atoms with Gasteiger partial charge in [0.25, 0.3) is 0 Å². The highest BCUT2D eigenvalue weighted by Crippen LogP contribution is 2.27. The summed E-state index contributed by atoms with van der Waals surface area (Å²) in [5.74, 6) is -0.308. The summed E-state index contributed by atoms with van der Waals surface area (Å²) in [6, 6.07) is 3.36. The number of methoxy groups -OCH3 is 1. The number of nitrogens with zero attached hydrogens (tertiary/aromatic N) is 1. The van der Waals surface area contributed by atoms with Crippen molar-refractivity contribution in [3.8, 4) is 6.07 Å². The summed E-state index contributed by atoms with van der Waals surface area (Å²) >= 11 is 6.35.